The number of aromatic nitrogens is 3. The molecule has 3 rings (SSSR count). The zero-order valence-corrected chi connectivity index (χ0v) is 15.7. The number of ether oxygens (including phenoxy) is 1. The summed E-state index contributed by atoms with van der Waals surface area (Å²) in [5.41, 5.74) is 2.10. The van der Waals surface area contributed by atoms with Gasteiger partial charge in [-0.3, -0.25) is 14.9 Å². The summed E-state index contributed by atoms with van der Waals surface area (Å²) in [6, 6.07) is 11.5. The van der Waals surface area contributed by atoms with Crippen LogP contribution in [0.25, 0.3) is 17.1 Å². The van der Waals surface area contributed by atoms with Crippen molar-refractivity contribution in [2.75, 3.05) is 20.3 Å². The van der Waals surface area contributed by atoms with Crippen LogP contribution in [-0.4, -0.2) is 45.4 Å². The molecule has 0 saturated heterocycles. The van der Waals surface area contributed by atoms with Gasteiger partial charge in [0.25, 0.3) is 11.6 Å². The molecule has 28 heavy (non-hydrogen) atoms. The number of carbonyl (C=O) groups excluding carboxylic acids is 1. The highest BCUT2D eigenvalue weighted by Crippen LogP contribution is 2.24. The van der Waals surface area contributed by atoms with Gasteiger partial charge in [0.1, 0.15) is 11.4 Å². The fraction of sp³-hybridized carbons (Fsp3) is 0.263. The Labute approximate surface area is 161 Å². The van der Waals surface area contributed by atoms with Crippen molar-refractivity contribution in [3.63, 3.8) is 0 Å². The minimum Gasteiger partial charge on any atom is -0.385 e. The van der Waals surface area contributed by atoms with E-state index in [9.17, 15) is 14.9 Å². The third-order valence-electron chi connectivity index (χ3n) is 4.24. The first-order chi connectivity index (χ1) is 13.5. The van der Waals surface area contributed by atoms with Crippen LogP contribution in [0.5, 0.6) is 0 Å². The lowest BCUT2D eigenvalue weighted by molar-refractivity contribution is -0.384. The monoisotopic (exact) mass is 383 g/mol. The lowest BCUT2D eigenvalue weighted by atomic mass is 10.2. The fourth-order valence-corrected chi connectivity index (χ4v) is 2.84. The molecule has 9 nitrogen and oxygen atoms in total. The highest BCUT2D eigenvalue weighted by atomic mass is 16.6. The number of methoxy groups -OCH3 is 1. The molecule has 0 spiro atoms. The summed E-state index contributed by atoms with van der Waals surface area (Å²) in [6.07, 6.45) is 2.56. The predicted octanol–water partition coefficient (Wildman–Crippen LogP) is 2.55. The van der Waals surface area contributed by atoms with Crippen LogP contribution in [0.2, 0.25) is 0 Å². The molecule has 0 atom stereocenters. The van der Waals surface area contributed by atoms with Crippen LogP contribution in [0.4, 0.5) is 5.69 Å². The molecule has 0 aliphatic rings. The van der Waals surface area contributed by atoms with Crippen molar-refractivity contribution in [1.29, 1.82) is 0 Å². The topological polar surface area (TPSA) is 104 Å². The number of hydrogen-bond donors (Lipinski definition) is 1. The largest absolute Gasteiger partial charge is 0.385 e. The maximum atomic E-state index is 12.7. The number of carbonyl (C=O) groups is 1. The Morgan fingerprint density at radius 3 is 2.79 bits per heavy atom. The zero-order chi connectivity index (χ0) is 20.1. The van der Waals surface area contributed by atoms with Gasteiger partial charge in [-0.2, -0.15) is 5.10 Å². The molecule has 0 radical (unpaired) electrons. The lowest BCUT2D eigenvalue weighted by Gasteiger charge is -2.08. The number of nitro groups is 1. The first-order valence-electron chi connectivity index (χ1n) is 8.75. The minimum atomic E-state index is -0.477. The van der Waals surface area contributed by atoms with Crippen molar-refractivity contribution >= 4 is 11.6 Å². The summed E-state index contributed by atoms with van der Waals surface area (Å²) in [5.74, 6) is -0.310. The van der Waals surface area contributed by atoms with E-state index in [2.05, 4.69) is 10.4 Å². The minimum absolute atomic E-state index is 0.0696. The molecule has 146 valence electrons. The van der Waals surface area contributed by atoms with Gasteiger partial charge < -0.3 is 14.6 Å². The molecular weight excluding hydrogens is 362 g/mol. The van der Waals surface area contributed by atoms with Crippen molar-refractivity contribution < 1.29 is 14.5 Å². The van der Waals surface area contributed by atoms with Gasteiger partial charge in [-0.1, -0.05) is 6.07 Å². The maximum Gasteiger partial charge on any atom is 0.271 e. The highest BCUT2D eigenvalue weighted by molar-refractivity contribution is 5.94. The molecule has 0 aliphatic carbocycles. The molecule has 0 bridgehead atoms. The van der Waals surface area contributed by atoms with Crippen LogP contribution in [0.15, 0.2) is 48.7 Å². The summed E-state index contributed by atoms with van der Waals surface area (Å²) in [6.45, 7) is 0.991. The molecule has 0 fully saturated rings. The first-order valence-corrected chi connectivity index (χ1v) is 8.75. The molecule has 2 aromatic heterocycles. The Balaban J connectivity index is 2.00. The van der Waals surface area contributed by atoms with Gasteiger partial charge in [-0.25, -0.2) is 4.68 Å². The summed E-state index contributed by atoms with van der Waals surface area (Å²) in [4.78, 5) is 23.4. The Kier molecular flexibility index (Phi) is 5.85. The summed E-state index contributed by atoms with van der Waals surface area (Å²) in [5, 5.41) is 18.5. The van der Waals surface area contributed by atoms with Gasteiger partial charge in [-0.15, -0.1) is 0 Å². The van der Waals surface area contributed by atoms with E-state index < -0.39 is 4.92 Å². The second-order valence-electron chi connectivity index (χ2n) is 6.21. The number of hydrogen-bond acceptors (Lipinski definition) is 5. The number of nitro benzene ring substituents is 1. The molecule has 0 aliphatic heterocycles. The average molecular weight is 383 g/mol. The Hall–Kier alpha value is -3.46. The van der Waals surface area contributed by atoms with Crippen LogP contribution < -0.4 is 5.32 Å². The fourth-order valence-electron chi connectivity index (χ4n) is 2.84. The summed E-state index contributed by atoms with van der Waals surface area (Å²) >= 11 is 0. The van der Waals surface area contributed by atoms with Crippen molar-refractivity contribution in [3.05, 3.63) is 64.5 Å². The van der Waals surface area contributed by atoms with E-state index in [0.717, 1.165) is 5.69 Å². The maximum absolute atomic E-state index is 12.7. The van der Waals surface area contributed by atoms with Crippen molar-refractivity contribution in [2.45, 2.75) is 6.42 Å². The van der Waals surface area contributed by atoms with Crippen molar-refractivity contribution in [1.82, 2.24) is 19.7 Å². The smallest absolute Gasteiger partial charge is 0.271 e. The molecule has 1 N–H and O–H groups in total. The summed E-state index contributed by atoms with van der Waals surface area (Å²) in [7, 11) is 3.48. The quantitative estimate of drug-likeness (QED) is 0.366. The van der Waals surface area contributed by atoms with Crippen LogP contribution in [-0.2, 0) is 11.8 Å². The number of non-ortho nitro benzene ring substituents is 1. The standard InChI is InChI=1S/C19H21N5O4/c1-22-10-4-8-17(22)16-13-18(19(25)20-9-5-11-28-2)23(21-16)14-6-3-7-15(12-14)24(26)27/h3-4,6-8,10,12-13H,5,9,11H2,1-2H3,(H,20,25). The van der Waals surface area contributed by atoms with E-state index in [1.54, 1.807) is 25.3 Å². The van der Waals surface area contributed by atoms with E-state index in [1.165, 1.54) is 16.8 Å². The van der Waals surface area contributed by atoms with Crippen LogP contribution in [0.1, 0.15) is 16.9 Å². The molecule has 9 heteroatoms. The zero-order valence-electron chi connectivity index (χ0n) is 15.7. The molecule has 1 aromatic carbocycles. The second kappa shape index (κ2) is 8.49. The van der Waals surface area contributed by atoms with Gasteiger partial charge in [0.05, 0.1) is 16.3 Å². The molecule has 3 aromatic rings. The van der Waals surface area contributed by atoms with Gasteiger partial charge in [0.15, 0.2) is 0 Å². The first kappa shape index (κ1) is 19.3. The molecule has 1 amide bonds. The third kappa shape index (κ3) is 4.09. The molecule has 0 unspecified atom stereocenters. The Morgan fingerprint density at radius 2 is 2.11 bits per heavy atom. The summed E-state index contributed by atoms with van der Waals surface area (Å²) < 4.78 is 8.31. The number of nitrogens with zero attached hydrogens (tertiary/aromatic N) is 4. The Morgan fingerprint density at radius 1 is 1.29 bits per heavy atom. The second-order valence-corrected chi connectivity index (χ2v) is 6.21. The van der Waals surface area contributed by atoms with E-state index in [1.807, 2.05) is 29.9 Å². The Bertz CT molecular complexity index is 992. The van der Waals surface area contributed by atoms with E-state index in [0.29, 0.717) is 36.6 Å². The van der Waals surface area contributed by atoms with E-state index in [-0.39, 0.29) is 11.6 Å². The van der Waals surface area contributed by atoms with Crippen LogP contribution >= 0.6 is 0 Å². The molecule has 0 saturated carbocycles. The number of benzene rings is 1. The molecule has 2 heterocycles. The number of amides is 1. The highest BCUT2D eigenvalue weighted by Gasteiger charge is 2.19. The van der Waals surface area contributed by atoms with Gasteiger partial charge >= 0.3 is 0 Å². The van der Waals surface area contributed by atoms with Crippen LogP contribution in [0.3, 0.4) is 0 Å². The third-order valence-corrected chi connectivity index (χ3v) is 4.24. The molecular formula is C19H21N5O4. The van der Waals surface area contributed by atoms with Crippen molar-refractivity contribution in [3.8, 4) is 17.1 Å². The van der Waals surface area contributed by atoms with Gasteiger partial charge in [0.2, 0.25) is 0 Å². The SMILES string of the molecule is COCCCNC(=O)c1cc(-c2cccn2C)nn1-c1cccc([N+](=O)[O-])c1. The number of nitrogens with one attached hydrogen (secondary N) is 1. The lowest BCUT2D eigenvalue weighted by Crippen LogP contribution is -2.27. The van der Waals surface area contributed by atoms with Crippen LogP contribution in [0, 0.1) is 10.1 Å². The van der Waals surface area contributed by atoms with E-state index >= 15 is 0 Å². The van der Waals surface area contributed by atoms with Gasteiger partial charge in [0, 0.05) is 45.6 Å². The average Bonchev–Trinajstić information content (AvgIpc) is 3.31. The van der Waals surface area contributed by atoms with E-state index in [4.69, 9.17) is 4.74 Å². The number of aryl methyl sites for hydroxylation is 1. The normalized spacial score (nSPS) is 10.8. The predicted molar refractivity (Wildman–Crippen MR) is 103 cm³/mol. The van der Waals surface area contributed by atoms with Crippen molar-refractivity contribution in [2.24, 2.45) is 7.05 Å². The van der Waals surface area contributed by atoms with Gasteiger partial charge in [-0.05, 0) is 30.7 Å². The number of rotatable bonds is 8.